The van der Waals surface area contributed by atoms with Crippen molar-refractivity contribution in [1.82, 2.24) is 9.62 Å². The van der Waals surface area contributed by atoms with Crippen LogP contribution in [-0.2, 0) is 26.0 Å². The van der Waals surface area contributed by atoms with Crippen molar-refractivity contribution in [3.63, 3.8) is 0 Å². The second-order valence-electron chi connectivity index (χ2n) is 5.13. The lowest BCUT2D eigenvalue weighted by molar-refractivity contribution is -0.136. The van der Waals surface area contributed by atoms with E-state index in [2.05, 4.69) is 10.6 Å². The monoisotopic (exact) mass is 309 g/mol. The number of carbonyl (C=O) groups excluding carboxylic acids is 2. The summed E-state index contributed by atoms with van der Waals surface area (Å²) in [5.41, 5.74) is 1.85. The Hall–Kier alpha value is -1.93. The summed E-state index contributed by atoms with van der Waals surface area (Å²) in [5, 5.41) is 5.24. The first-order chi connectivity index (χ1) is 9.89. The van der Waals surface area contributed by atoms with Crippen molar-refractivity contribution in [3.8, 4) is 0 Å². The topological polar surface area (TPSA) is 95.6 Å². The van der Waals surface area contributed by atoms with E-state index in [-0.39, 0.29) is 11.4 Å². The zero-order chi connectivity index (χ0) is 15.2. The molecule has 112 valence electrons. The van der Waals surface area contributed by atoms with E-state index >= 15 is 0 Å². The first-order valence-corrected chi connectivity index (χ1v) is 8.06. The van der Waals surface area contributed by atoms with Crippen LogP contribution in [0, 0.1) is 0 Å². The van der Waals surface area contributed by atoms with Crippen LogP contribution in [0.5, 0.6) is 0 Å². The minimum atomic E-state index is -3.89. The molecule has 0 aliphatic carbocycles. The van der Waals surface area contributed by atoms with E-state index in [1.54, 1.807) is 12.1 Å². The predicted octanol–water partition coefficient (Wildman–Crippen LogP) is -0.310. The number of hydrogen-bond acceptors (Lipinski definition) is 5. The highest BCUT2D eigenvalue weighted by Crippen LogP contribution is 2.28. The largest absolute Gasteiger partial charge is 0.384 e. The molecule has 2 aliphatic rings. The van der Waals surface area contributed by atoms with E-state index in [1.165, 1.54) is 13.0 Å². The Morgan fingerprint density at radius 2 is 2.05 bits per heavy atom. The van der Waals surface area contributed by atoms with Gasteiger partial charge in [-0.2, -0.15) is 4.31 Å². The lowest BCUT2D eigenvalue weighted by atomic mass is 10.2. The first kappa shape index (κ1) is 14.0. The van der Waals surface area contributed by atoms with E-state index in [9.17, 15) is 18.0 Å². The number of anilines is 1. The number of rotatable bonds is 2. The Balaban J connectivity index is 2.00. The fourth-order valence-electron chi connectivity index (χ4n) is 2.55. The third kappa shape index (κ3) is 2.30. The van der Waals surface area contributed by atoms with E-state index in [1.807, 2.05) is 0 Å². The number of nitrogens with zero attached hydrogens (tertiary/aromatic N) is 1. The van der Waals surface area contributed by atoms with Crippen LogP contribution in [0.15, 0.2) is 23.1 Å². The van der Waals surface area contributed by atoms with Gasteiger partial charge in [0.1, 0.15) is 6.04 Å². The maximum absolute atomic E-state index is 12.7. The molecule has 0 saturated carbocycles. The third-order valence-corrected chi connectivity index (χ3v) is 5.68. The second-order valence-corrected chi connectivity index (χ2v) is 7.02. The van der Waals surface area contributed by atoms with Gasteiger partial charge < -0.3 is 5.32 Å². The van der Waals surface area contributed by atoms with Crippen molar-refractivity contribution in [1.29, 1.82) is 0 Å². The van der Waals surface area contributed by atoms with Crippen LogP contribution in [0.25, 0.3) is 0 Å². The standard InChI is InChI=1S/C13H15N3O4S/c1-8-13(18)15-12(17)7-16(8)21(19,20)10-3-2-9-4-5-14-11(9)6-10/h2-3,6,8,14H,4-5,7H2,1H3,(H,15,17,18). The number of amides is 2. The fourth-order valence-corrected chi connectivity index (χ4v) is 4.13. The van der Waals surface area contributed by atoms with Gasteiger partial charge in [0.05, 0.1) is 11.4 Å². The van der Waals surface area contributed by atoms with Crippen LogP contribution in [0.3, 0.4) is 0 Å². The van der Waals surface area contributed by atoms with Gasteiger partial charge in [-0.15, -0.1) is 0 Å². The van der Waals surface area contributed by atoms with Crippen LogP contribution in [0.1, 0.15) is 12.5 Å². The number of imide groups is 1. The highest BCUT2D eigenvalue weighted by atomic mass is 32.2. The summed E-state index contributed by atoms with van der Waals surface area (Å²) in [7, 11) is -3.89. The maximum Gasteiger partial charge on any atom is 0.244 e. The van der Waals surface area contributed by atoms with Gasteiger partial charge in [-0.25, -0.2) is 8.42 Å². The minimum Gasteiger partial charge on any atom is -0.384 e. The summed E-state index contributed by atoms with van der Waals surface area (Å²) in [5.74, 6) is -1.21. The van der Waals surface area contributed by atoms with Gasteiger partial charge >= 0.3 is 0 Å². The normalized spacial score (nSPS) is 22.6. The van der Waals surface area contributed by atoms with Crippen molar-refractivity contribution in [2.75, 3.05) is 18.4 Å². The molecule has 2 N–H and O–H groups in total. The molecule has 2 heterocycles. The molecule has 1 atom stereocenters. The summed E-state index contributed by atoms with van der Waals surface area (Å²) in [4.78, 5) is 23.2. The average Bonchev–Trinajstić information content (AvgIpc) is 2.89. The number of piperazine rings is 1. The van der Waals surface area contributed by atoms with E-state index in [0.29, 0.717) is 0 Å². The van der Waals surface area contributed by atoms with Gasteiger partial charge in [-0.1, -0.05) is 6.07 Å². The van der Waals surface area contributed by atoms with Gasteiger partial charge in [0.2, 0.25) is 21.8 Å². The van der Waals surface area contributed by atoms with Gasteiger partial charge in [0.15, 0.2) is 0 Å². The average molecular weight is 309 g/mol. The Kier molecular flexibility index (Phi) is 3.22. The zero-order valence-corrected chi connectivity index (χ0v) is 12.2. The summed E-state index contributed by atoms with van der Waals surface area (Å²) in [6.45, 7) is 1.89. The summed E-state index contributed by atoms with van der Waals surface area (Å²) in [6.07, 6.45) is 0.858. The SMILES string of the molecule is CC1C(=O)NC(=O)CN1S(=O)(=O)c1ccc2c(c1)NCC2. The molecule has 2 aliphatic heterocycles. The van der Waals surface area contributed by atoms with Crippen molar-refractivity contribution < 1.29 is 18.0 Å². The number of benzene rings is 1. The van der Waals surface area contributed by atoms with E-state index < -0.39 is 27.9 Å². The van der Waals surface area contributed by atoms with Crippen LogP contribution in [-0.4, -0.2) is 43.7 Å². The molecule has 3 rings (SSSR count). The predicted molar refractivity (Wildman–Crippen MR) is 75.1 cm³/mol. The molecular weight excluding hydrogens is 294 g/mol. The fraction of sp³-hybridized carbons (Fsp3) is 0.385. The molecule has 1 aromatic carbocycles. The number of nitrogens with one attached hydrogen (secondary N) is 2. The number of sulfonamides is 1. The molecule has 0 aromatic heterocycles. The summed E-state index contributed by atoms with van der Waals surface area (Å²) < 4.78 is 26.2. The zero-order valence-electron chi connectivity index (χ0n) is 11.4. The molecule has 2 amide bonds. The number of carbonyl (C=O) groups is 2. The third-order valence-electron chi connectivity index (χ3n) is 3.77. The molecule has 1 fully saturated rings. The molecular formula is C13H15N3O4S. The van der Waals surface area contributed by atoms with Crippen LogP contribution in [0.2, 0.25) is 0 Å². The number of fused-ring (bicyclic) bond motifs is 1. The van der Waals surface area contributed by atoms with E-state index in [0.717, 1.165) is 28.5 Å². The summed E-state index contributed by atoms with van der Waals surface area (Å²) >= 11 is 0. The highest BCUT2D eigenvalue weighted by molar-refractivity contribution is 7.89. The lowest BCUT2D eigenvalue weighted by Crippen LogP contribution is -2.58. The first-order valence-electron chi connectivity index (χ1n) is 6.62. The van der Waals surface area contributed by atoms with Gasteiger partial charge in [0, 0.05) is 12.2 Å². The Labute approximate surface area is 122 Å². The Morgan fingerprint density at radius 1 is 1.29 bits per heavy atom. The van der Waals surface area contributed by atoms with Crippen LogP contribution in [0.4, 0.5) is 5.69 Å². The quantitative estimate of drug-likeness (QED) is 0.731. The highest BCUT2D eigenvalue weighted by Gasteiger charge is 2.39. The van der Waals surface area contributed by atoms with E-state index in [4.69, 9.17) is 0 Å². The maximum atomic E-state index is 12.7. The number of hydrogen-bond donors (Lipinski definition) is 2. The molecule has 21 heavy (non-hydrogen) atoms. The molecule has 1 saturated heterocycles. The molecule has 8 heteroatoms. The van der Waals surface area contributed by atoms with Crippen LogP contribution >= 0.6 is 0 Å². The minimum absolute atomic E-state index is 0.0880. The molecule has 1 unspecified atom stereocenters. The Morgan fingerprint density at radius 3 is 2.81 bits per heavy atom. The van der Waals surface area contributed by atoms with Crippen molar-refractivity contribution in [3.05, 3.63) is 23.8 Å². The molecule has 0 spiro atoms. The van der Waals surface area contributed by atoms with Crippen molar-refractivity contribution in [2.24, 2.45) is 0 Å². The Bertz CT molecular complexity index is 729. The second kappa shape index (κ2) is 4.81. The molecule has 0 radical (unpaired) electrons. The van der Waals surface area contributed by atoms with Crippen LogP contribution < -0.4 is 10.6 Å². The molecule has 7 nitrogen and oxygen atoms in total. The smallest absolute Gasteiger partial charge is 0.244 e. The van der Waals surface area contributed by atoms with Gasteiger partial charge in [0.25, 0.3) is 0 Å². The molecule has 1 aromatic rings. The summed E-state index contributed by atoms with van der Waals surface area (Å²) in [6, 6.07) is 3.93. The van der Waals surface area contributed by atoms with Gasteiger partial charge in [-0.05, 0) is 31.0 Å². The van der Waals surface area contributed by atoms with Gasteiger partial charge in [-0.3, -0.25) is 14.9 Å². The lowest BCUT2D eigenvalue weighted by Gasteiger charge is -2.30. The molecule has 0 bridgehead atoms. The van der Waals surface area contributed by atoms with Crippen molar-refractivity contribution >= 4 is 27.5 Å². The van der Waals surface area contributed by atoms with Crippen molar-refractivity contribution in [2.45, 2.75) is 24.3 Å².